The summed E-state index contributed by atoms with van der Waals surface area (Å²) >= 11 is 0. The van der Waals surface area contributed by atoms with E-state index < -0.39 is 11.8 Å². The van der Waals surface area contributed by atoms with E-state index in [1.165, 1.54) is 0 Å². The molecule has 0 spiro atoms. The van der Waals surface area contributed by atoms with Crippen molar-refractivity contribution in [2.75, 3.05) is 0 Å². The summed E-state index contributed by atoms with van der Waals surface area (Å²) in [7, 11) is 0. The summed E-state index contributed by atoms with van der Waals surface area (Å²) in [6, 6.07) is 18.6. The average Bonchev–Trinajstić information content (AvgIpc) is 2.88. The molecule has 0 saturated carbocycles. The summed E-state index contributed by atoms with van der Waals surface area (Å²) in [6.45, 7) is 25.6. The van der Waals surface area contributed by atoms with Gasteiger partial charge in [0.2, 0.25) is 0 Å². The van der Waals surface area contributed by atoms with Crippen LogP contribution in [-0.4, -0.2) is 11.8 Å². The van der Waals surface area contributed by atoms with E-state index in [9.17, 15) is 9.59 Å². The molecule has 0 saturated heterocycles. The quantitative estimate of drug-likeness (QED) is 0.291. The highest BCUT2D eigenvalue weighted by Crippen LogP contribution is 2.34. The number of benzene rings is 3. The molecule has 0 aliphatic carbocycles. The fourth-order valence-corrected chi connectivity index (χ4v) is 4.25. The molecule has 2 amide bonds. The zero-order chi connectivity index (χ0) is 31.7. The van der Waals surface area contributed by atoms with Gasteiger partial charge in [-0.05, 0) is 80.3 Å². The van der Waals surface area contributed by atoms with Gasteiger partial charge in [-0.3, -0.25) is 9.59 Å². The van der Waals surface area contributed by atoms with E-state index in [-0.39, 0.29) is 32.8 Å². The van der Waals surface area contributed by atoms with Crippen LogP contribution >= 0.6 is 0 Å². The second-order valence-corrected chi connectivity index (χ2v) is 15.1. The van der Waals surface area contributed by atoms with Crippen molar-refractivity contribution >= 4 is 11.8 Å². The Hall–Kier alpha value is -3.80. The van der Waals surface area contributed by atoms with Gasteiger partial charge in [0, 0.05) is 0 Å². The predicted molar refractivity (Wildman–Crippen MR) is 170 cm³/mol. The Kier molecular flexibility index (Phi) is 9.21. The first-order chi connectivity index (χ1) is 19.2. The number of amides is 2. The molecule has 0 heterocycles. The monoisotopic (exact) mass is 572 g/mol. The van der Waals surface area contributed by atoms with Crippen molar-refractivity contribution in [3.63, 3.8) is 0 Å². The van der Waals surface area contributed by atoms with Gasteiger partial charge < -0.3 is 9.68 Å². The molecule has 0 aliphatic rings. The van der Waals surface area contributed by atoms with Crippen LogP contribution in [0, 0.1) is 0 Å². The van der Waals surface area contributed by atoms with E-state index in [0.29, 0.717) is 11.5 Å². The molecule has 0 aromatic heterocycles. The van der Waals surface area contributed by atoms with Crippen LogP contribution in [0.15, 0.2) is 60.7 Å². The van der Waals surface area contributed by atoms with Gasteiger partial charge in [-0.2, -0.15) is 11.0 Å². The average molecular weight is 573 g/mol. The lowest BCUT2D eigenvalue weighted by atomic mass is 9.80. The number of rotatable bonds is 6. The molecule has 6 nitrogen and oxygen atoms in total. The number of hydrogen-bond donors (Lipinski definition) is 2. The van der Waals surface area contributed by atoms with Gasteiger partial charge in [-0.1, -0.05) is 107 Å². The molecule has 0 radical (unpaired) electrons. The van der Waals surface area contributed by atoms with Crippen molar-refractivity contribution in [2.45, 2.75) is 105 Å². The molecule has 2 N–H and O–H groups in total. The van der Waals surface area contributed by atoms with Crippen molar-refractivity contribution in [1.82, 2.24) is 11.0 Å². The van der Waals surface area contributed by atoms with Gasteiger partial charge in [-0.15, -0.1) is 0 Å². The van der Waals surface area contributed by atoms with Crippen molar-refractivity contribution < 1.29 is 19.3 Å². The molecule has 226 valence electrons. The van der Waals surface area contributed by atoms with Crippen molar-refractivity contribution in [2.24, 2.45) is 0 Å². The van der Waals surface area contributed by atoms with Crippen LogP contribution in [0.4, 0.5) is 0 Å². The van der Waals surface area contributed by atoms with Gasteiger partial charge in [0.1, 0.15) is 0 Å². The highest BCUT2D eigenvalue weighted by atomic mass is 16.7. The zero-order valence-corrected chi connectivity index (χ0v) is 27.4. The molecule has 3 rings (SSSR count). The van der Waals surface area contributed by atoms with Crippen molar-refractivity contribution in [3.8, 4) is 11.5 Å². The highest BCUT2D eigenvalue weighted by Gasteiger charge is 2.24. The minimum atomic E-state index is -0.538. The lowest BCUT2D eigenvalue weighted by molar-refractivity contribution is 0.0724. The minimum Gasteiger partial charge on any atom is -0.379 e. The van der Waals surface area contributed by atoms with Gasteiger partial charge >= 0.3 is 0 Å². The Labute approximate surface area is 252 Å². The maximum Gasteiger partial charge on any atom is 0.284 e. The standard InChI is InChI=1S/C36H48N2O4/c1-33(2,3)23-17-24(34(4,5)6)20-27(19-23)41-37-31(39)29-15-13-14-16-30(29)32(40)38-42-28-21-25(35(7,8)9)18-26(22-28)36(10,11)12/h13-22H,1-12H3,(H,37,39)(H,38,40). The number of hydroxylamine groups is 2. The van der Waals surface area contributed by atoms with Crippen LogP contribution in [0.1, 0.15) is 126 Å². The molecular weight excluding hydrogens is 524 g/mol. The number of nitrogens with one attached hydrogen (secondary N) is 2. The van der Waals surface area contributed by atoms with Crippen LogP contribution in [0.5, 0.6) is 11.5 Å². The van der Waals surface area contributed by atoms with Crippen LogP contribution in [-0.2, 0) is 21.7 Å². The summed E-state index contributed by atoms with van der Waals surface area (Å²) in [5, 5.41) is 0. The maximum absolute atomic E-state index is 13.2. The van der Waals surface area contributed by atoms with Gasteiger partial charge in [0.05, 0.1) is 11.1 Å². The van der Waals surface area contributed by atoms with Gasteiger partial charge in [0.15, 0.2) is 11.5 Å². The summed E-state index contributed by atoms with van der Waals surface area (Å²) in [5.74, 6) is -0.0216. The van der Waals surface area contributed by atoms with E-state index in [1.807, 2.05) is 24.3 Å². The third-order valence-electron chi connectivity index (χ3n) is 7.22. The maximum atomic E-state index is 13.2. The van der Waals surface area contributed by atoms with E-state index in [4.69, 9.17) is 9.68 Å². The molecular formula is C36H48N2O4. The normalized spacial score (nSPS) is 12.5. The fourth-order valence-electron chi connectivity index (χ4n) is 4.25. The summed E-state index contributed by atoms with van der Waals surface area (Å²) in [5.41, 5.74) is 9.38. The van der Waals surface area contributed by atoms with E-state index in [2.05, 4.69) is 106 Å². The molecule has 0 fully saturated rings. The smallest absolute Gasteiger partial charge is 0.284 e. The highest BCUT2D eigenvalue weighted by molar-refractivity contribution is 6.06. The molecule has 6 heteroatoms. The van der Waals surface area contributed by atoms with E-state index in [0.717, 1.165) is 22.3 Å². The second-order valence-electron chi connectivity index (χ2n) is 15.1. The minimum absolute atomic E-state index is 0.103. The van der Waals surface area contributed by atoms with E-state index >= 15 is 0 Å². The second kappa shape index (κ2) is 11.8. The third-order valence-corrected chi connectivity index (χ3v) is 7.22. The number of carbonyl (C=O) groups excluding carboxylic acids is 2. The number of carbonyl (C=O) groups is 2. The molecule has 0 bridgehead atoms. The first-order valence-electron chi connectivity index (χ1n) is 14.5. The fraction of sp³-hybridized carbons (Fsp3) is 0.444. The zero-order valence-electron chi connectivity index (χ0n) is 27.4. The Morgan fingerprint density at radius 3 is 0.976 bits per heavy atom. The Bertz CT molecular complexity index is 1270. The number of hydrogen-bond acceptors (Lipinski definition) is 4. The summed E-state index contributed by atoms with van der Waals surface area (Å²) in [6.07, 6.45) is 0. The topological polar surface area (TPSA) is 76.7 Å². The molecule has 0 atom stereocenters. The molecule has 42 heavy (non-hydrogen) atoms. The SMILES string of the molecule is CC(C)(C)c1cc(ONC(=O)c2ccccc2C(=O)NOc2cc(C(C)(C)C)cc(C(C)(C)C)c2)cc(C(C)(C)C)c1. The van der Waals surface area contributed by atoms with Gasteiger partial charge in [0.25, 0.3) is 11.8 Å². The lowest BCUT2D eigenvalue weighted by Gasteiger charge is -2.26. The lowest BCUT2D eigenvalue weighted by Crippen LogP contribution is -2.32. The molecule has 3 aromatic carbocycles. The molecule has 0 aliphatic heterocycles. The van der Waals surface area contributed by atoms with E-state index in [1.54, 1.807) is 24.3 Å². The Morgan fingerprint density at radius 2 is 0.738 bits per heavy atom. The van der Waals surface area contributed by atoms with Crippen molar-refractivity contribution in [1.29, 1.82) is 0 Å². The summed E-state index contributed by atoms with van der Waals surface area (Å²) < 4.78 is 0. The Balaban J connectivity index is 1.81. The third kappa shape index (κ3) is 8.37. The largest absolute Gasteiger partial charge is 0.379 e. The van der Waals surface area contributed by atoms with Crippen LogP contribution < -0.4 is 20.6 Å². The summed E-state index contributed by atoms with van der Waals surface area (Å²) in [4.78, 5) is 38.0. The van der Waals surface area contributed by atoms with Crippen LogP contribution in [0.2, 0.25) is 0 Å². The first-order valence-corrected chi connectivity index (χ1v) is 14.5. The Morgan fingerprint density at radius 1 is 0.476 bits per heavy atom. The first kappa shape index (κ1) is 32.7. The van der Waals surface area contributed by atoms with Crippen LogP contribution in [0.25, 0.3) is 0 Å². The van der Waals surface area contributed by atoms with Crippen molar-refractivity contribution in [3.05, 3.63) is 94.0 Å². The van der Waals surface area contributed by atoms with Crippen LogP contribution in [0.3, 0.4) is 0 Å². The molecule has 3 aromatic rings. The van der Waals surface area contributed by atoms with Gasteiger partial charge in [-0.25, -0.2) is 0 Å². The predicted octanol–water partition coefficient (Wildman–Crippen LogP) is 8.32. The molecule has 0 unspecified atom stereocenters.